The average molecular weight is 538 g/mol. The van der Waals surface area contributed by atoms with Crippen LogP contribution in [0.1, 0.15) is 43.4 Å². The molecule has 0 fully saturated rings. The molecule has 0 radical (unpaired) electrons. The van der Waals surface area contributed by atoms with E-state index >= 15 is 0 Å². The van der Waals surface area contributed by atoms with Crippen LogP contribution >= 0.6 is 23.1 Å². The van der Waals surface area contributed by atoms with E-state index in [1.165, 1.54) is 40.5 Å². The summed E-state index contributed by atoms with van der Waals surface area (Å²) in [5.74, 6) is 1.69. The highest BCUT2D eigenvalue weighted by molar-refractivity contribution is 7.98. The van der Waals surface area contributed by atoms with Gasteiger partial charge in [-0.05, 0) is 68.4 Å². The topological polar surface area (TPSA) is 65.2 Å². The monoisotopic (exact) mass is 537 g/mol. The predicted octanol–water partition coefficient (Wildman–Crippen LogP) is 7.51. The minimum atomic E-state index is 0.168. The Balaban J connectivity index is 1.27. The summed E-state index contributed by atoms with van der Waals surface area (Å²) >= 11 is 3.35. The summed E-state index contributed by atoms with van der Waals surface area (Å²) in [7, 11) is 0. The van der Waals surface area contributed by atoms with E-state index in [0.717, 1.165) is 55.9 Å². The Labute approximate surface area is 229 Å². The lowest BCUT2D eigenvalue weighted by Crippen LogP contribution is -2.07. The van der Waals surface area contributed by atoms with Crippen LogP contribution in [-0.2, 0) is 18.6 Å². The molecule has 0 amide bonds. The maximum absolute atomic E-state index is 5.76. The lowest BCUT2D eigenvalue weighted by molar-refractivity contribution is 0.242. The lowest BCUT2D eigenvalue weighted by Gasteiger charge is -2.20. The molecule has 0 N–H and O–H groups in total. The van der Waals surface area contributed by atoms with E-state index in [2.05, 4.69) is 52.7 Å². The van der Waals surface area contributed by atoms with Gasteiger partial charge in [0.25, 0.3) is 0 Å². The van der Waals surface area contributed by atoms with Gasteiger partial charge in [-0.25, -0.2) is 9.97 Å². The third-order valence-corrected chi connectivity index (χ3v) is 9.10. The summed E-state index contributed by atoms with van der Waals surface area (Å²) in [5, 5.41) is 11.2. The number of ether oxygens (including phenoxy) is 1. The van der Waals surface area contributed by atoms with Crippen LogP contribution in [0.4, 0.5) is 0 Å². The highest BCUT2D eigenvalue weighted by Crippen LogP contribution is 2.42. The first kappa shape index (κ1) is 23.6. The first-order valence-corrected chi connectivity index (χ1v) is 14.9. The number of aromatic nitrogens is 5. The van der Waals surface area contributed by atoms with Crippen molar-refractivity contribution in [2.24, 2.45) is 0 Å². The minimum Gasteiger partial charge on any atom is -0.491 e. The highest BCUT2D eigenvalue weighted by atomic mass is 32.2. The number of pyridine rings is 1. The summed E-state index contributed by atoms with van der Waals surface area (Å²) in [6, 6.07) is 18.8. The third-order valence-electron chi connectivity index (χ3n) is 7.01. The van der Waals surface area contributed by atoms with Crippen molar-refractivity contribution in [3.05, 3.63) is 77.6 Å². The quantitative estimate of drug-likeness (QED) is 0.205. The molecule has 0 atom stereocenters. The van der Waals surface area contributed by atoms with E-state index < -0.39 is 0 Å². The Morgan fingerprint density at radius 3 is 2.55 bits per heavy atom. The largest absolute Gasteiger partial charge is 0.491 e. The molecule has 1 aliphatic carbocycles. The van der Waals surface area contributed by atoms with Gasteiger partial charge in [0.15, 0.2) is 10.8 Å². The Hall–Kier alpha value is -3.49. The van der Waals surface area contributed by atoms with E-state index in [1.54, 1.807) is 23.1 Å². The maximum atomic E-state index is 5.76. The van der Waals surface area contributed by atoms with Crippen molar-refractivity contribution in [1.82, 2.24) is 24.6 Å². The Morgan fingerprint density at radius 1 is 0.974 bits per heavy atom. The highest BCUT2D eigenvalue weighted by Gasteiger charge is 2.24. The van der Waals surface area contributed by atoms with Gasteiger partial charge in [0.1, 0.15) is 21.6 Å². The number of hydrogen-bond donors (Lipinski definition) is 0. The molecule has 38 heavy (non-hydrogen) atoms. The van der Waals surface area contributed by atoms with Crippen LogP contribution in [0.15, 0.2) is 66.1 Å². The number of hydrogen-bond acceptors (Lipinski definition) is 7. The van der Waals surface area contributed by atoms with E-state index in [0.29, 0.717) is 0 Å². The Morgan fingerprint density at radius 2 is 1.76 bits per heavy atom. The van der Waals surface area contributed by atoms with E-state index in [4.69, 9.17) is 14.7 Å². The molecule has 0 bridgehead atoms. The second kappa shape index (κ2) is 9.67. The standard InChI is InChI=1S/C30H27N5OS2/c1-18(2)36-21-14-12-19(13-15-21)16-37-30-34-33-28-27-26(31-17-35(28)30)24-22-10-6-7-11-23(22)25(32-29(24)38-27)20-8-4-3-5-9-20/h3-5,8-9,12-15,17-18H,6-7,10-11,16H2,1-2H3. The molecule has 0 saturated heterocycles. The van der Waals surface area contributed by atoms with E-state index in [-0.39, 0.29) is 6.10 Å². The molecule has 0 aliphatic heterocycles. The molecule has 6 nitrogen and oxygen atoms in total. The van der Waals surface area contributed by atoms with Crippen LogP contribution in [-0.4, -0.2) is 30.7 Å². The fourth-order valence-electron chi connectivity index (χ4n) is 5.32. The maximum Gasteiger partial charge on any atom is 0.197 e. The number of benzene rings is 2. The van der Waals surface area contributed by atoms with Crippen molar-refractivity contribution < 1.29 is 4.74 Å². The molecular weight excluding hydrogens is 510 g/mol. The zero-order valence-electron chi connectivity index (χ0n) is 21.3. The number of aryl methyl sites for hydroxylation is 1. The molecule has 0 unspecified atom stereocenters. The van der Waals surface area contributed by atoms with Gasteiger partial charge in [0.2, 0.25) is 0 Å². The van der Waals surface area contributed by atoms with E-state index in [1.807, 2.05) is 36.7 Å². The summed E-state index contributed by atoms with van der Waals surface area (Å²) < 4.78 is 8.84. The van der Waals surface area contributed by atoms with Crippen molar-refractivity contribution >= 4 is 49.2 Å². The number of thiophene rings is 1. The van der Waals surface area contributed by atoms with Gasteiger partial charge >= 0.3 is 0 Å². The second-order valence-electron chi connectivity index (χ2n) is 9.97. The summed E-state index contributed by atoms with van der Waals surface area (Å²) in [4.78, 5) is 11.2. The van der Waals surface area contributed by atoms with Crippen molar-refractivity contribution in [1.29, 1.82) is 0 Å². The van der Waals surface area contributed by atoms with Crippen LogP contribution in [0, 0.1) is 0 Å². The number of rotatable bonds is 6. The van der Waals surface area contributed by atoms with Crippen molar-refractivity contribution in [2.75, 3.05) is 0 Å². The van der Waals surface area contributed by atoms with Crippen molar-refractivity contribution in [2.45, 2.75) is 56.5 Å². The fourth-order valence-corrected chi connectivity index (χ4v) is 7.31. The van der Waals surface area contributed by atoms with Crippen molar-refractivity contribution in [3.63, 3.8) is 0 Å². The molecular formula is C30H27N5OS2. The van der Waals surface area contributed by atoms with Gasteiger partial charge < -0.3 is 4.74 Å². The first-order chi connectivity index (χ1) is 18.7. The summed E-state index contributed by atoms with van der Waals surface area (Å²) in [5.41, 5.74) is 8.19. The van der Waals surface area contributed by atoms with Crippen molar-refractivity contribution in [3.8, 4) is 17.0 Å². The molecule has 6 aromatic rings. The SMILES string of the molecule is CC(C)Oc1ccc(CSc2nnc3c4sc5nc(-c6ccccc6)c6c(c5c4ncn23)CCCC6)cc1. The Kier molecular flexibility index (Phi) is 6.01. The second-order valence-corrected chi connectivity index (χ2v) is 11.9. The predicted molar refractivity (Wildman–Crippen MR) is 155 cm³/mol. The van der Waals surface area contributed by atoms with Gasteiger partial charge in [-0.15, -0.1) is 21.5 Å². The van der Waals surface area contributed by atoms with Gasteiger partial charge in [-0.2, -0.15) is 0 Å². The fraction of sp³-hybridized carbons (Fsp3) is 0.267. The number of nitrogens with zero attached hydrogens (tertiary/aromatic N) is 5. The summed E-state index contributed by atoms with van der Waals surface area (Å²) in [6.45, 7) is 4.07. The van der Waals surface area contributed by atoms with Gasteiger partial charge in [-0.3, -0.25) is 4.40 Å². The smallest absolute Gasteiger partial charge is 0.197 e. The van der Waals surface area contributed by atoms with Crippen LogP contribution in [0.2, 0.25) is 0 Å². The zero-order chi connectivity index (χ0) is 25.6. The normalized spacial score (nSPS) is 13.6. The molecule has 0 spiro atoms. The average Bonchev–Trinajstić information content (AvgIpc) is 3.53. The number of thioether (sulfide) groups is 1. The molecule has 2 aromatic carbocycles. The van der Waals surface area contributed by atoms with Gasteiger partial charge in [0, 0.05) is 16.7 Å². The summed E-state index contributed by atoms with van der Waals surface area (Å²) in [6.07, 6.45) is 6.60. The van der Waals surface area contributed by atoms with Gasteiger partial charge in [0.05, 0.1) is 17.3 Å². The molecule has 1 aliphatic rings. The van der Waals surface area contributed by atoms with Crippen LogP contribution in [0.5, 0.6) is 5.75 Å². The van der Waals surface area contributed by atoms with Crippen LogP contribution in [0.3, 0.4) is 0 Å². The molecule has 8 heteroatoms. The van der Waals surface area contributed by atoms with Crippen LogP contribution < -0.4 is 4.74 Å². The number of fused-ring (bicyclic) bond motifs is 7. The van der Waals surface area contributed by atoms with Gasteiger partial charge in [-0.1, -0.05) is 54.2 Å². The Bertz CT molecular complexity index is 1770. The molecule has 0 saturated carbocycles. The lowest BCUT2D eigenvalue weighted by atomic mass is 9.87. The zero-order valence-corrected chi connectivity index (χ0v) is 23.0. The molecule has 4 aromatic heterocycles. The molecule has 4 heterocycles. The third kappa shape index (κ3) is 4.12. The molecule has 190 valence electrons. The van der Waals surface area contributed by atoms with Crippen LogP contribution in [0.25, 0.3) is 37.3 Å². The first-order valence-electron chi connectivity index (χ1n) is 13.1. The molecule has 7 rings (SSSR count). The minimum absolute atomic E-state index is 0.168. The van der Waals surface area contributed by atoms with E-state index in [9.17, 15) is 0 Å².